The summed E-state index contributed by atoms with van der Waals surface area (Å²) in [6, 6.07) is 7.48. The average molecular weight is 287 g/mol. The summed E-state index contributed by atoms with van der Waals surface area (Å²) in [5, 5.41) is 2.90. The summed E-state index contributed by atoms with van der Waals surface area (Å²) in [5.41, 5.74) is 2.11. The molecular weight excluding hydrogens is 266 g/mol. The number of methoxy groups -OCH3 is 1. The van der Waals surface area contributed by atoms with Gasteiger partial charge in [0.1, 0.15) is 5.75 Å². The highest BCUT2D eigenvalue weighted by atomic mass is 16.5. The van der Waals surface area contributed by atoms with Crippen LogP contribution in [0.15, 0.2) is 35.9 Å². The molecule has 0 heterocycles. The van der Waals surface area contributed by atoms with E-state index in [2.05, 4.69) is 5.32 Å². The number of ether oxygens (including phenoxy) is 1. The van der Waals surface area contributed by atoms with Gasteiger partial charge in [-0.2, -0.15) is 0 Å². The van der Waals surface area contributed by atoms with Crippen molar-refractivity contribution >= 4 is 11.7 Å². The molecule has 4 nitrogen and oxygen atoms in total. The molecule has 0 saturated heterocycles. The zero-order valence-corrected chi connectivity index (χ0v) is 12.4. The van der Waals surface area contributed by atoms with Crippen molar-refractivity contribution in [1.29, 1.82) is 0 Å². The Labute approximate surface area is 125 Å². The molecule has 0 bridgehead atoms. The van der Waals surface area contributed by atoms with E-state index in [-0.39, 0.29) is 11.7 Å². The second-order valence-electron chi connectivity index (χ2n) is 5.25. The first kappa shape index (κ1) is 15.3. The van der Waals surface area contributed by atoms with Crippen LogP contribution >= 0.6 is 0 Å². The molecule has 0 atom stereocenters. The van der Waals surface area contributed by atoms with Crippen molar-refractivity contribution in [3.05, 3.63) is 41.5 Å². The number of nitrogens with one attached hydrogen (secondary N) is 1. The summed E-state index contributed by atoms with van der Waals surface area (Å²) in [7, 11) is 1.62. The third kappa shape index (κ3) is 5.06. The molecule has 21 heavy (non-hydrogen) atoms. The molecular formula is C17H21NO3. The summed E-state index contributed by atoms with van der Waals surface area (Å²) >= 11 is 0. The topological polar surface area (TPSA) is 55.4 Å². The molecule has 1 amide bonds. The maximum atomic E-state index is 11.8. The third-order valence-corrected chi connectivity index (χ3v) is 3.58. The second kappa shape index (κ2) is 7.62. The molecule has 0 saturated carbocycles. The summed E-state index contributed by atoms with van der Waals surface area (Å²) in [6.07, 6.45) is 5.43. The van der Waals surface area contributed by atoms with Gasteiger partial charge in [0.05, 0.1) is 13.5 Å². The minimum Gasteiger partial charge on any atom is -0.497 e. The van der Waals surface area contributed by atoms with Gasteiger partial charge in [0, 0.05) is 13.0 Å². The van der Waals surface area contributed by atoms with Crippen LogP contribution in [-0.4, -0.2) is 25.3 Å². The highest BCUT2D eigenvalue weighted by Gasteiger charge is 2.10. The van der Waals surface area contributed by atoms with Crippen LogP contribution in [0.5, 0.6) is 5.75 Å². The third-order valence-electron chi connectivity index (χ3n) is 3.58. The number of amides is 1. The Morgan fingerprint density at radius 2 is 2.00 bits per heavy atom. The van der Waals surface area contributed by atoms with E-state index in [1.54, 1.807) is 13.2 Å². The Hall–Kier alpha value is -2.10. The lowest BCUT2D eigenvalue weighted by Gasteiger charge is -2.12. The molecule has 0 aliphatic heterocycles. The number of carbonyl (C=O) groups excluding carboxylic acids is 2. The summed E-state index contributed by atoms with van der Waals surface area (Å²) in [4.78, 5) is 23.1. The van der Waals surface area contributed by atoms with Gasteiger partial charge in [0.25, 0.3) is 0 Å². The molecule has 1 aliphatic rings. The Morgan fingerprint density at radius 3 is 2.67 bits per heavy atom. The number of rotatable bonds is 6. The van der Waals surface area contributed by atoms with Crippen LogP contribution in [0, 0.1) is 0 Å². The summed E-state index contributed by atoms with van der Waals surface area (Å²) < 4.78 is 5.08. The second-order valence-corrected chi connectivity index (χ2v) is 5.25. The first-order valence-corrected chi connectivity index (χ1v) is 7.29. The number of hydrogen-bond donors (Lipinski definition) is 1. The molecule has 1 N–H and O–H groups in total. The van der Waals surface area contributed by atoms with Crippen LogP contribution in [0.1, 0.15) is 31.2 Å². The number of benzene rings is 1. The highest BCUT2D eigenvalue weighted by Crippen LogP contribution is 2.17. The fourth-order valence-corrected chi connectivity index (χ4v) is 2.41. The Morgan fingerprint density at radius 1 is 1.24 bits per heavy atom. The Kier molecular flexibility index (Phi) is 5.55. The molecule has 0 aromatic heterocycles. The van der Waals surface area contributed by atoms with E-state index in [0.29, 0.717) is 19.4 Å². The maximum absolute atomic E-state index is 11.8. The fourth-order valence-electron chi connectivity index (χ4n) is 2.41. The van der Waals surface area contributed by atoms with Crippen LogP contribution in [0.4, 0.5) is 0 Å². The predicted molar refractivity (Wildman–Crippen MR) is 81.3 cm³/mol. The molecule has 0 radical (unpaired) electrons. The van der Waals surface area contributed by atoms with E-state index in [1.165, 1.54) is 0 Å². The lowest BCUT2D eigenvalue weighted by atomic mass is 9.96. The van der Waals surface area contributed by atoms with Gasteiger partial charge in [0.15, 0.2) is 5.78 Å². The van der Waals surface area contributed by atoms with Gasteiger partial charge in [0.2, 0.25) is 5.91 Å². The van der Waals surface area contributed by atoms with Gasteiger partial charge in [-0.25, -0.2) is 0 Å². The van der Waals surface area contributed by atoms with Crippen molar-refractivity contribution < 1.29 is 14.3 Å². The summed E-state index contributed by atoms with van der Waals surface area (Å²) in [6.45, 7) is 0.591. The van der Waals surface area contributed by atoms with Crippen molar-refractivity contribution in [3.8, 4) is 5.75 Å². The van der Waals surface area contributed by atoms with E-state index >= 15 is 0 Å². The minimum absolute atomic E-state index is 0.00269. The van der Waals surface area contributed by atoms with Crippen molar-refractivity contribution in [1.82, 2.24) is 5.32 Å². The predicted octanol–water partition coefficient (Wildman–Crippen LogP) is 2.42. The van der Waals surface area contributed by atoms with Gasteiger partial charge in [-0.05, 0) is 43.0 Å². The van der Waals surface area contributed by atoms with Gasteiger partial charge in [-0.1, -0.05) is 17.7 Å². The highest BCUT2D eigenvalue weighted by molar-refractivity contribution is 5.91. The lowest BCUT2D eigenvalue weighted by molar-refractivity contribution is -0.120. The van der Waals surface area contributed by atoms with Crippen LogP contribution in [0.25, 0.3) is 0 Å². The summed E-state index contributed by atoms with van der Waals surface area (Å²) in [5.74, 6) is 0.997. The normalized spacial score (nSPS) is 14.5. The van der Waals surface area contributed by atoms with Crippen molar-refractivity contribution in [2.75, 3.05) is 13.7 Å². The van der Waals surface area contributed by atoms with E-state index in [1.807, 2.05) is 24.3 Å². The average Bonchev–Trinajstić information content (AvgIpc) is 2.48. The number of carbonyl (C=O) groups is 2. The molecule has 112 valence electrons. The van der Waals surface area contributed by atoms with Gasteiger partial charge in [-0.3, -0.25) is 9.59 Å². The number of ketones is 1. The van der Waals surface area contributed by atoms with Gasteiger partial charge < -0.3 is 10.1 Å². The van der Waals surface area contributed by atoms with E-state index < -0.39 is 0 Å². The smallest absolute Gasteiger partial charge is 0.224 e. The molecule has 2 rings (SSSR count). The van der Waals surface area contributed by atoms with Crippen molar-refractivity contribution in [3.63, 3.8) is 0 Å². The minimum atomic E-state index is 0.00269. The molecule has 0 spiro atoms. The molecule has 1 aliphatic carbocycles. The van der Waals surface area contributed by atoms with E-state index in [0.717, 1.165) is 36.1 Å². The van der Waals surface area contributed by atoms with Crippen molar-refractivity contribution in [2.45, 2.75) is 32.1 Å². The lowest BCUT2D eigenvalue weighted by Crippen LogP contribution is -2.26. The number of allylic oxidation sites excluding steroid dienone is 1. The van der Waals surface area contributed by atoms with Crippen LogP contribution in [0.2, 0.25) is 0 Å². The van der Waals surface area contributed by atoms with Gasteiger partial charge in [-0.15, -0.1) is 0 Å². The van der Waals surface area contributed by atoms with Gasteiger partial charge >= 0.3 is 0 Å². The van der Waals surface area contributed by atoms with Crippen molar-refractivity contribution in [2.24, 2.45) is 0 Å². The molecule has 4 heteroatoms. The zero-order valence-electron chi connectivity index (χ0n) is 12.4. The molecule has 0 unspecified atom stereocenters. The maximum Gasteiger partial charge on any atom is 0.224 e. The Balaban J connectivity index is 1.73. The molecule has 1 aromatic carbocycles. The monoisotopic (exact) mass is 287 g/mol. The quantitative estimate of drug-likeness (QED) is 0.874. The fraction of sp³-hybridized carbons (Fsp3) is 0.412. The van der Waals surface area contributed by atoms with Crippen LogP contribution in [-0.2, 0) is 16.0 Å². The van der Waals surface area contributed by atoms with E-state index in [9.17, 15) is 9.59 Å². The first-order chi connectivity index (χ1) is 10.2. The first-order valence-electron chi connectivity index (χ1n) is 7.29. The Bertz CT molecular complexity index is 531. The van der Waals surface area contributed by atoms with E-state index in [4.69, 9.17) is 4.74 Å². The zero-order chi connectivity index (χ0) is 15.1. The number of hydrogen-bond acceptors (Lipinski definition) is 3. The van der Waals surface area contributed by atoms with Crippen LogP contribution < -0.4 is 10.1 Å². The molecule has 1 aromatic rings. The largest absolute Gasteiger partial charge is 0.497 e. The standard InChI is InChI=1S/C17H21NO3/c1-21-16-7-5-14(6-8-16)12-17(20)18-10-9-13-3-2-4-15(19)11-13/h5-8,11H,2-4,9-10,12H2,1H3,(H,18,20). The SMILES string of the molecule is COc1ccc(CC(=O)NCCC2=CC(=O)CCC2)cc1. The van der Waals surface area contributed by atoms with Crippen LogP contribution in [0.3, 0.4) is 0 Å². The molecule has 0 fully saturated rings.